The smallest absolute Gasteiger partial charge is 0.324 e. The predicted molar refractivity (Wildman–Crippen MR) is 96.7 cm³/mol. The molecule has 1 aromatic carbocycles. The van der Waals surface area contributed by atoms with Gasteiger partial charge in [-0.05, 0) is 37.3 Å². The molecular weight excluding hydrogens is 361 g/mol. The van der Waals surface area contributed by atoms with Crippen LogP contribution in [0.1, 0.15) is 36.0 Å². The maximum absolute atomic E-state index is 12.6. The molecule has 0 saturated heterocycles. The van der Waals surface area contributed by atoms with Gasteiger partial charge in [-0.3, -0.25) is 0 Å². The third kappa shape index (κ3) is 4.01. The highest BCUT2D eigenvalue weighted by atomic mass is 32.1. The van der Waals surface area contributed by atoms with Crippen molar-refractivity contribution in [2.75, 3.05) is 5.32 Å². The van der Waals surface area contributed by atoms with Gasteiger partial charge >= 0.3 is 6.18 Å². The van der Waals surface area contributed by atoms with Gasteiger partial charge in [-0.2, -0.15) is 13.2 Å². The van der Waals surface area contributed by atoms with Gasteiger partial charge in [0.2, 0.25) is 5.95 Å². The first-order chi connectivity index (χ1) is 12.2. The maximum atomic E-state index is 12.6. The minimum atomic E-state index is -4.35. The monoisotopic (exact) mass is 378 g/mol. The van der Waals surface area contributed by atoms with Gasteiger partial charge in [-0.25, -0.2) is 15.0 Å². The molecule has 2 aromatic heterocycles. The molecule has 0 fully saturated rings. The number of alkyl halides is 3. The zero-order valence-electron chi connectivity index (χ0n) is 14.4. The van der Waals surface area contributed by atoms with Crippen LogP contribution in [0.25, 0.3) is 10.6 Å². The summed E-state index contributed by atoms with van der Waals surface area (Å²) in [5.74, 6) is 0.653. The topological polar surface area (TPSA) is 50.7 Å². The number of aryl methyl sites for hydroxylation is 1. The number of nitrogens with one attached hydrogen (secondary N) is 1. The molecule has 2 heterocycles. The summed E-state index contributed by atoms with van der Waals surface area (Å²) >= 11 is 1.59. The molecule has 0 saturated carbocycles. The van der Waals surface area contributed by atoms with Crippen LogP contribution in [0, 0.1) is 6.92 Å². The predicted octanol–water partition coefficient (Wildman–Crippen LogP) is 5.79. The Bertz CT molecular complexity index is 902. The number of hydrogen-bond acceptors (Lipinski definition) is 5. The van der Waals surface area contributed by atoms with Crippen LogP contribution in [0.15, 0.2) is 36.5 Å². The van der Waals surface area contributed by atoms with Crippen molar-refractivity contribution in [3.63, 3.8) is 0 Å². The zero-order chi connectivity index (χ0) is 18.9. The lowest BCUT2D eigenvalue weighted by molar-refractivity contribution is -0.137. The van der Waals surface area contributed by atoms with E-state index in [0.717, 1.165) is 33.4 Å². The van der Waals surface area contributed by atoms with Gasteiger partial charge in [0.15, 0.2) is 0 Å². The van der Waals surface area contributed by atoms with Crippen molar-refractivity contribution < 1.29 is 13.2 Å². The average molecular weight is 378 g/mol. The molecule has 0 aliphatic heterocycles. The standard InChI is InChI=1S/C18H17F3N4S/c1-10(2)16-23-11(3)15(26-16)14-8-9-22-17(25-14)24-13-6-4-12(5-7-13)18(19,20)21/h4-10H,1-3H3,(H,22,24,25). The molecular formula is C18H17F3N4S. The van der Waals surface area contributed by atoms with E-state index in [-0.39, 0.29) is 0 Å². The van der Waals surface area contributed by atoms with Crippen molar-refractivity contribution in [1.82, 2.24) is 15.0 Å². The van der Waals surface area contributed by atoms with Crippen LogP contribution in [0.2, 0.25) is 0 Å². The number of rotatable bonds is 4. The maximum Gasteiger partial charge on any atom is 0.416 e. The summed E-state index contributed by atoms with van der Waals surface area (Å²) < 4.78 is 37.9. The van der Waals surface area contributed by atoms with Crippen LogP contribution in [0.3, 0.4) is 0 Å². The number of nitrogens with zero attached hydrogens (tertiary/aromatic N) is 3. The Morgan fingerprint density at radius 1 is 1.04 bits per heavy atom. The lowest BCUT2D eigenvalue weighted by Crippen LogP contribution is -2.04. The first-order valence-electron chi connectivity index (χ1n) is 7.99. The van der Waals surface area contributed by atoms with E-state index >= 15 is 0 Å². The van der Waals surface area contributed by atoms with E-state index in [9.17, 15) is 13.2 Å². The van der Waals surface area contributed by atoms with Crippen LogP contribution < -0.4 is 5.32 Å². The Morgan fingerprint density at radius 3 is 2.31 bits per heavy atom. The van der Waals surface area contributed by atoms with Crippen LogP contribution in [0.4, 0.5) is 24.8 Å². The SMILES string of the molecule is Cc1nc(C(C)C)sc1-c1ccnc(Nc2ccc(C(F)(F)F)cc2)n1. The summed E-state index contributed by atoms with van der Waals surface area (Å²) in [6.07, 6.45) is -2.74. The fourth-order valence-electron chi connectivity index (χ4n) is 2.32. The number of hydrogen-bond donors (Lipinski definition) is 1. The van der Waals surface area contributed by atoms with Gasteiger partial charge in [0.05, 0.1) is 26.8 Å². The molecule has 26 heavy (non-hydrogen) atoms. The van der Waals surface area contributed by atoms with Crippen molar-refractivity contribution in [2.45, 2.75) is 32.9 Å². The molecule has 0 aliphatic rings. The molecule has 0 spiro atoms. The van der Waals surface area contributed by atoms with Crippen molar-refractivity contribution in [2.24, 2.45) is 0 Å². The quantitative estimate of drug-likeness (QED) is 0.624. The molecule has 0 bridgehead atoms. The third-order valence-corrected chi connectivity index (χ3v) is 5.14. The number of halogens is 3. The average Bonchev–Trinajstić information content (AvgIpc) is 2.97. The van der Waals surface area contributed by atoms with Crippen molar-refractivity contribution in [1.29, 1.82) is 0 Å². The number of benzene rings is 1. The van der Waals surface area contributed by atoms with E-state index in [1.807, 2.05) is 6.92 Å². The lowest BCUT2D eigenvalue weighted by atomic mass is 10.2. The summed E-state index contributed by atoms with van der Waals surface area (Å²) in [6, 6.07) is 6.55. The van der Waals surface area contributed by atoms with Crippen molar-refractivity contribution in [3.8, 4) is 10.6 Å². The normalized spacial score (nSPS) is 11.8. The summed E-state index contributed by atoms with van der Waals surface area (Å²) in [7, 11) is 0. The highest BCUT2D eigenvalue weighted by molar-refractivity contribution is 7.15. The minimum Gasteiger partial charge on any atom is -0.324 e. The van der Waals surface area contributed by atoms with Crippen LogP contribution in [-0.4, -0.2) is 15.0 Å². The Kier molecular flexibility index (Phi) is 4.95. The molecule has 4 nitrogen and oxygen atoms in total. The molecule has 136 valence electrons. The second-order valence-electron chi connectivity index (χ2n) is 6.09. The summed E-state index contributed by atoms with van der Waals surface area (Å²) in [6.45, 7) is 6.10. The van der Waals surface area contributed by atoms with E-state index in [1.54, 1.807) is 23.6 Å². The molecule has 3 rings (SSSR count). The first-order valence-corrected chi connectivity index (χ1v) is 8.80. The second kappa shape index (κ2) is 7.03. The van der Waals surface area contributed by atoms with Gasteiger partial charge in [-0.1, -0.05) is 13.8 Å². The molecule has 3 aromatic rings. The molecule has 0 amide bonds. The largest absolute Gasteiger partial charge is 0.416 e. The zero-order valence-corrected chi connectivity index (χ0v) is 15.2. The Labute approximate surface area is 153 Å². The van der Waals surface area contributed by atoms with Crippen LogP contribution >= 0.6 is 11.3 Å². The number of anilines is 2. The van der Waals surface area contributed by atoms with Gasteiger partial charge in [0.1, 0.15) is 0 Å². The minimum absolute atomic E-state index is 0.321. The van der Waals surface area contributed by atoms with Crippen molar-refractivity contribution in [3.05, 3.63) is 52.8 Å². The highest BCUT2D eigenvalue weighted by Crippen LogP contribution is 2.33. The second-order valence-corrected chi connectivity index (χ2v) is 7.12. The third-order valence-electron chi connectivity index (χ3n) is 3.66. The first kappa shape index (κ1) is 18.3. The molecule has 0 atom stereocenters. The van der Waals surface area contributed by atoms with Gasteiger partial charge in [0, 0.05) is 17.8 Å². The molecule has 1 N–H and O–H groups in total. The Morgan fingerprint density at radius 2 is 1.73 bits per heavy atom. The van der Waals surface area contributed by atoms with Crippen LogP contribution in [0.5, 0.6) is 0 Å². The Balaban J connectivity index is 1.84. The molecule has 0 aliphatic carbocycles. The molecule has 8 heteroatoms. The summed E-state index contributed by atoms with van der Waals surface area (Å²) in [4.78, 5) is 14.1. The molecule has 0 radical (unpaired) electrons. The molecule has 0 unspecified atom stereocenters. The van der Waals surface area contributed by atoms with Gasteiger partial charge in [-0.15, -0.1) is 11.3 Å². The van der Waals surface area contributed by atoms with E-state index in [0.29, 0.717) is 17.6 Å². The van der Waals surface area contributed by atoms with Crippen molar-refractivity contribution >= 4 is 23.0 Å². The number of thiazole rings is 1. The Hall–Kier alpha value is -2.48. The van der Waals surface area contributed by atoms with Gasteiger partial charge in [0.25, 0.3) is 0 Å². The van der Waals surface area contributed by atoms with E-state index in [4.69, 9.17) is 0 Å². The van der Waals surface area contributed by atoms with Crippen LogP contribution in [-0.2, 0) is 6.18 Å². The van der Waals surface area contributed by atoms with E-state index in [2.05, 4.69) is 34.1 Å². The van der Waals surface area contributed by atoms with E-state index < -0.39 is 11.7 Å². The number of aromatic nitrogens is 3. The fraction of sp³-hybridized carbons (Fsp3) is 0.278. The highest BCUT2D eigenvalue weighted by Gasteiger charge is 2.29. The fourth-order valence-corrected chi connectivity index (χ4v) is 3.36. The summed E-state index contributed by atoms with van der Waals surface area (Å²) in [5.41, 5.74) is 1.42. The van der Waals surface area contributed by atoms with Gasteiger partial charge < -0.3 is 5.32 Å². The summed E-state index contributed by atoms with van der Waals surface area (Å²) in [5, 5.41) is 3.97. The lowest BCUT2D eigenvalue weighted by Gasteiger charge is -2.09. The van der Waals surface area contributed by atoms with E-state index in [1.165, 1.54) is 12.1 Å².